The Hall–Kier alpha value is -3.71. The van der Waals surface area contributed by atoms with Crippen molar-refractivity contribution in [2.45, 2.75) is 6.04 Å². The summed E-state index contributed by atoms with van der Waals surface area (Å²) in [5.74, 6) is -0.348. The first-order chi connectivity index (χ1) is 14.2. The number of aromatic nitrogens is 1. The van der Waals surface area contributed by atoms with E-state index in [9.17, 15) is 9.59 Å². The van der Waals surface area contributed by atoms with Crippen molar-refractivity contribution in [2.75, 3.05) is 5.32 Å². The summed E-state index contributed by atoms with van der Waals surface area (Å²) in [6.45, 7) is 0. The Kier molecular flexibility index (Phi) is 5.49. The summed E-state index contributed by atoms with van der Waals surface area (Å²) in [6, 6.07) is 19.3. The molecule has 1 atom stereocenters. The third-order valence-electron chi connectivity index (χ3n) is 4.26. The molecular formula is C22H17N3O3S. The fourth-order valence-corrected chi connectivity index (χ4v) is 3.54. The number of benzene rings is 2. The molecule has 29 heavy (non-hydrogen) atoms. The van der Waals surface area contributed by atoms with Crippen LogP contribution in [0, 0.1) is 0 Å². The van der Waals surface area contributed by atoms with E-state index in [0.717, 1.165) is 10.6 Å². The predicted octanol–water partition coefficient (Wildman–Crippen LogP) is 4.51. The van der Waals surface area contributed by atoms with Gasteiger partial charge < -0.3 is 15.1 Å². The smallest absolute Gasteiger partial charge is 0.291 e. The van der Waals surface area contributed by atoms with Crippen LogP contribution in [0.15, 0.2) is 89.0 Å². The molecule has 144 valence electrons. The van der Waals surface area contributed by atoms with Crippen molar-refractivity contribution >= 4 is 28.8 Å². The lowest BCUT2D eigenvalue weighted by molar-refractivity contribution is 0.0942. The van der Waals surface area contributed by atoms with E-state index in [1.807, 2.05) is 35.7 Å². The first kappa shape index (κ1) is 18.6. The normalized spacial score (nSPS) is 11.6. The van der Waals surface area contributed by atoms with Gasteiger partial charge in [0.2, 0.25) is 0 Å². The minimum absolute atomic E-state index is 0.223. The molecule has 4 aromatic rings. The monoisotopic (exact) mass is 403 g/mol. The molecule has 6 nitrogen and oxygen atoms in total. The van der Waals surface area contributed by atoms with E-state index in [1.54, 1.807) is 42.6 Å². The standard InChI is InChI=1S/C22H17N3O3S/c26-20(25-19(22-23-12-14-29-22)15-5-2-1-3-6-15)16-8-10-17(11-9-16)24-21(27)18-7-4-13-28-18/h1-14,19H,(H,24,27)(H,25,26). The fraction of sp³-hybridized carbons (Fsp3) is 0.0455. The van der Waals surface area contributed by atoms with Gasteiger partial charge >= 0.3 is 0 Å². The van der Waals surface area contributed by atoms with Crippen LogP contribution in [0.4, 0.5) is 5.69 Å². The van der Waals surface area contributed by atoms with Gasteiger partial charge in [0, 0.05) is 22.8 Å². The molecule has 0 aliphatic carbocycles. The summed E-state index contributed by atoms with van der Waals surface area (Å²) in [6.07, 6.45) is 3.16. The number of carbonyl (C=O) groups excluding carboxylic acids is 2. The van der Waals surface area contributed by atoms with E-state index in [1.165, 1.54) is 17.6 Å². The number of nitrogens with zero attached hydrogens (tertiary/aromatic N) is 1. The number of thiazole rings is 1. The summed E-state index contributed by atoms with van der Waals surface area (Å²) >= 11 is 1.49. The topological polar surface area (TPSA) is 84.2 Å². The van der Waals surface area contributed by atoms with Crippen molar-refractivity contribution in [3.8, 4) is 0 Å². The quantitative estimate of drug-likeness (QED) is 0.496. The first-order valence-electron chi connectivity index (χ1n) is 8.91. The van der Waals surface area contributed by atoms with E-state index in [2.05, 4.69) is 15.6 Å². The van der Waals surface area contributed by atoms with Gasteiger partial charge in [-0.15, -0.1) is 11.3 Å². The number of rotatable bonds is 6. The van der Waals surface area contributed by atoms with Gasteiger partial charge in [0.25, 0.3) is 11.8 Å². The van der Waals surface area contributed by atoms with Crippen LogP contribution >= 0.6 is 11.3 Å². The van der Waals surface area contributed by atoms with Crippen LogP contribution in [0.3, 0.4) is 0 Å². The molecule has 0 saturated carbocycles. The second-order valence-electron chi connectivity index (χ2n) is 6.20. The molecule has 0 bridgehead atoms. The van der Waals surface area contributed by atoms with Crippen molar-refractivity contribution < 1.29 is 14.0 Å². The lowest BCUT2D eigenvalue weighted by Gasteiger charge is -2.17. The van der Waals surface area contributed by atoms with Crippen LogP contribution in [0.25, 0.3) is 0 Å². The molecule has 0 saturated heterocycles. The predicted molar refractivity (Wildman–Crippen MR) is 111 cm³/mol. The highest BCUT2D eigenvalue weighted by molar-refractivity contribution is 7.09. The average molecular weight is 403 g/mol. The van der Waals surface area contributed by atoms with E-state index in [-0.39, 0.29) is 23.6 Å². The molecule has 7 heteroatoms. The van der Waals surface area contributed by atoms with E-state index < -0.39 is 0 Å². The molecule has 0 radical (unpaired) electrons. The number of furan rings is 1. The molecule has 2 N–H and O–H groups in total. The van der Waals surface area contributed by atoms with Crippen molar-refractivity contribution in [3.63, 3.8) is 0 Å². The maximum Gasteiger partial charge on any atom is 0.291 e. The molecule has 0 aliphatic rings. The summed E-state index contributed by atoms with van der Waals surface area (Å²) in [5, 5.41) is 8.46. The number of hydrogen-bond acceptors (Lipinski definition) is 5. The molecule has 2 heterocycles. The van der Waals surface area contributed by atoms with Crippen LogP contribution in [0.2, 0.25) is 0 Å². The molecule has 0 spiro atoms. The lowest BCUT2D eigenvalue weighted by atomic mass is 10.1. The highest BCUT2D eigenvalue weighted by atomic mass is 32.1. The Morgan fingerprint density at radius 2 is 1.72 bits per heavy atom. The Morgan fingerprint density at radius 1 is 0.931 bits per heavy atom. The molecule has 1 unspecified atom stereocenters. The second kappa shape index (κ2) is 8.53. The van der Waals surface area contributed by atoms with E-state index in [4.69, 9.17) is 4.42 Å². The molecule has 0 fully saturated rings. The number of carbonyl (C=O) groups is 2. The van der Waals surface area contributed by atoms with Gasteiger partial charge in [-0.2, -0.15) is 0 Å². The van der Waals surface area contributed by atoms with Crippen LogP contribution in [0.1, 0.15) is 37.5 Å². The zero-order valence-corrected chi connectivity index (χ0v) is 16.1. The summed E-state index contributed by atoms with van der Waals surface area (Å²) in [7, 11) is 0. The molecular weight excluding hydrogens is 386 g/mol. The van der Waals surface area contributed by atoms with Crippen LogP contribution in [-0.2, 0) is 0 Å². The second-order valence-corrected chi connectivity index (χ2v) is 7.12. The Labute approximate surface area is 171 Å². The highest BCUT2D eigenvalue weighted by Gasteiger charge is 2.20. The number of hydrogen-bond donors (Lipinski definition) is 2. The van der Waals surface area contributed by atoms with E-state index >= 15 is 0 Å². The number of anilines is 1. The highest BCUT2D eigenvalue weighted by Crippen LogP contribution is 2.24. The van der Waals surface area contributed by atoms with Crippen LogP contribution in [0.5, 0.6) is 0 Å². The number of nitrogens with one attached hydrogen (secondary N) is 2. The lowest BCUT2D eigenvalue weighted by Crippen LogP contribution is -2.29. The van der Waals surface area contributed by atoms with Gasteiger partial charge in [0.05, 0.1) is 6.26 Å². The Bertz CT molecular complexity index is 1080. The van der Waals surface area contributed by atoms with Crippen molar-refractivity contribution in [3.05, 3.63) is 106 Å². The average Bonchev–Trinajstić information content (AvgIpc) is 3.47. The molecule has 2 amide bonds. The van der Waals surface area contributed by atoms with Crippen LogP contribution < -0.4 is 10.6 Å². The number of amides is 2. The molecule has 2 aromatic carbocycles. The van der Waals surface area contributed by atoms with Crippen molar-refractivity contribution in [1.29, 1.82) is 0 Å². The zero-order valence-electron chi connectivity index (χ0n) is 15.2. The van der Waals surface area contributed by atoms with Gasteiger partial charge in [0.1, 0.15) is 11.0 Å². The molecule has 4 rings (SSSR count). The van der Waals surface area contributed by atoms with Crippen molar-refractivity contribution in [1.82, 2.24) is 10.3 Å². The van der Waals surface area contributed by atoms with Gasteiger partial charge in [-0.3, -0.25) is 9.59 Å². The SMILES string of the molecule is O=C(NC(c1ccccc1)c1nccs1)c1ccc(NC(=O)c2ccco2)cc1. The fourth-order valence-electron chi connectivity index (χ4n) is 2.83. The van der Waals surface area contributed by atoms with E-state index in [0.29, 0.717) is 11.3 Å². The Balaban J connectivity index is 1.48. The van der Waals surface area contributed by atoms with Crippen molar-refractivity contribution in [2.24, 2.45) is 0 Å². The minimum Gasteiger partial charge on any atom is -0.459 e. The van der Waals surface area contributed by atoms with Crippen LogP contribution in [-0.4, -0.2) is 16.8 Å². The zero-order chi connectivity index (χ0) is 20.1. The van der Waals surface area contributed by atoms with Gasteiger partial charge in [-0.25, -0.2) is 4.98 Å². The third-order valence-corrected chi connectivity index (χ3v) is 5.10. The van der Waals surface area contributed by atoms with Gasteiger partial charge in [-0.05, 0) is 42.0 Å². The molecule has 2 aromatic heterocycles. The maximum atomic E-state index is 12.8. The maximum absolute atomic E-state index is 12.8. The largest absolute Gasteiger partial charge is 0.459 e. The molecule has 0 aliphatic heterocycles. The summed E-state index contributed by atoms with van der Waals surface area (Å²) < 4.78 is 5.07. The minimum atomic E-state index is -0.347. The first-order valence-corrected chi connectivity index (χ1v) is 9.79. The summed E-state index contributed by atoms with van der Waals surface area (Å²) in [4.78, 5) is 29.2. The third kappa shape index (κ3) is 4.41. The van der Waals surface area contributed by atoms with Gasteiger partial charge in [-0.1, -0.05) is 30.3 Å². The van der Waals surface area contributed by atoms with Gasteiger partial charge in [0.15, 0.2) is 5.76 Å². The summed E-state index contributed by atoms with van der Waals surface area (Å²) in [5.41, 5.74) is 2.01. The Morgan fingerprint density at radius 3 is 2.38 bits per heavy atom.